The number of carbonyl (C=O) groups is 1. The molecule has 0 aromatic heterocycles. The van der Waals surface area contributed by atoms with E-state index >= 15 is 0 Å². The first-order valence-corrected chi connectivity index (χ1v) is 7.01. The van der Waals surface area contributed by atoms with Gasteiger partial charge in [0.05, 0.1) is 0 Å². The van der Waals surface area contributed by atoms with Crippen LogP contribution in [-0.2, 0) is 17.8 Å². The average Bonchev–Trinajstić information content (AvgIpc) is 2.82. The van der Waals surface area contributed by atoms with E-state index < -0.39 is 0 Å². The van der Waals surface area contributed by atoms with Gasteiger partial charge < -0.3 is 16.0 Å². The van der Waals surface area contributed by atoms with Crippen LogP contribution in [0.25, 0.3) is 0 Å². The third kappa shape index (κ3) is 3.96. The van der Waals surface area contributed by atoms with Crippen LogP contribution in [0.2, 0.25) is 0 Å². The molecule has 0 aliphatic carbocycles. The van der Waals surface area contributed by atoms with Gasteiger partial charge in [-0.05, 0) is 31.4 Å². The number of fused-ring (bicyclic) bond motifs is 1. The highest BCUT2D eigenvalue weighted by Crippen LogP contribution is 2.25. The first-order valence-electron chi connectivity index (χ1n) is 7.01. The lowest BCUT2D eigenvalue weighted by molar-refractivity contribution is -0.121. The van der Waals surface area contributed by atoms with Gasteiger partial charge in [-0.2, -0.15) is 0 Å². The van der Waals surface area contributed by atoms with E-state index in [1.165, 1.54) is 16.8 Å². The van der Waals surface area contributed by atoms with Gasteiger partial charge in [0, 0.05) is 37.8 Å². The second-order valence-electron chi connectivity index (χ2n) is 5.28. The third-order valence-corrected chi connectivity index (χ3v) is 3.23. The lowest BCUT2D eigenvalue weighted by atomic mass is 10.1. The largest absolute Gasteiger partial charge is 0.384 e. The fraction of sp³-hybridized carbons (Fsp3) is 0.533. The van der Waals surface area contributed by atoms with Crippen LogP contribution in [0.1, 0.15) is 31.4 Å². The van der Waals surface area contributed by atoms with Gasteiger partial charge in [0.1, 0.15) is 0 Å². The number of hydrogen-bond donors (Lipinski definition) is 3. The van der Waals surface area contributed by atoms with Crippen LogP contribution in [0.4, 0.5) is 5.69 Å². The minimum atomic E-state index is 0.110. The number of hydrogen-bond acceptors (Lipinski definition) is 3. The Labute approximate surface area is 115 Å². The molecule has 0 bridgehead atoms. The van der Waals surface area contributed by atoms with Crippen molar-refractivity contribution < 1.29 is 4.79 Å². The van der Waals surface area contributed by atoms with E-state index in [0.29, 0.717) is 13.0 Å². The zero-order valence-electron chi connectivity index (χ0n) is 11.8. The van der Waals surface area contributed by atoms with Crippen molar-refractivity contribution in [3.05, 3.63) is 29.3 Å². The van der Waals surface area contributed by atoms with E-state index in [4.69, 9.17) is 0 Å². The smallest absolute Gasteiger partial charge is 0.221 e. The van der Waals surface area contributed by atoms with Crippen LogP contribution >= 0.6 is 0 Å². The van der Waals surface area contributed by atoms with E-state index in [9.17, 15) is 4.79 Å². The third-order valence-electron chi connectivity index (χ3n) is 3.23. The second-order valence-corrected chi connectivity index (χ2v) is 5.28. The molecule has 0 atom stereocenters. The molecule has 0 spiro atoms. The van der Waals surface area contributed by atoms with E-state index in [-0.39, 0.29) is 11.9 Å². The van der Waals surface area contributed by atoms with Crippen molar-refractivity contribution in [2.75, 3.05) is 18.4 Å². The first-order chi connectivity index (χ1) is 9.16. The van der Waals surface area contributed by atoms with E-state index in [1.807, 2.05) is 13.8 Å². The normalized spacial score (nSPS) is 13.2. The molecule has 19 heavy (non-hydrogen) atoms. The number of benzene rings is 1. The predicted molar refractivity (Wildman–Crippen MR) is 78.2 cm³/mol. The highest BCUT2D eigenvalue weighted by Gasteiger charge is 2.13. The van der Waals surface area contributed by atoms with Crippen molar-refractivity contribution in [1.82, 2.24) is 10.6 Å². The molecule has 104 valence electrons. The maximum Gasteiger partial charge on any atom is 0.221 e. The van der Waals surface area contributed by atoms with Crippen molar-refractivity contribution in [2.45, 2.75) is 39.3 Å². The lowest BCUT2D eigenvalue weighted by Gasteiger charge is -2.11. The Morgan fingerprint density at radius 1 is 1.42 bits per heavy atom. The maximum absolute atomic E-state index is 11.5. The Balaban J connectivity index is 1.75. The molecule has 0 saturated heterocycles. The molecule has 1 aliphatic heterocycles. The molecule has 1 aromatic carbocycles. The quantitative estimate of drug-likeness (QED) is 0.683. The zero-order chi connectivity index (χ0) is 13.7. The zero-order valence-corrected chi connectivity index (χ0v) is 11.8. The van der Waals surface area contributed by atoms with E-state index in [0.717, 1.165) is 19.5 Å². The fourth-order valence-electron chi connectivity index (χ4n) is 2.38. The maximum atomic E-state index is 11.5. The van der Waals surface area contributed by atoms with Crippen LogP contribution in [0.15, 0.2) is 18.2 Å². The van der Waals surface area contributed by atoms with Crippen LogP contribution in [0, 0.1) is 0 Å². The monoisotopic (exact) mass is 261 g/mol. The summed E-state index contributed by atoms with van der Waals surface area (Å²) < 4.78 is 0. The van der Waals surface area contributed by atoms with Crippen LogP contribution in [-0.4, -0.2) is 25.0 Å². The summed E-state index contributed by atoms with van der Waals surface area (Å²) in [6.07, 6.45) is 1.64. The average molecular weight is 261 g/mol. The topological polar surface area (TPSA) is 53.2 Å². The van der Waals surface area contributed by atoms with Gasteiger partial charge in [-0.25, -0.2) is 0 Å². The van der Waals surface area contributed by atoms with E-state index in [1.54, 1.807) is 0 Å². The SMILES string of the molecule is CC(C)NC(=O)CCNCc1cccc2c1NCC2. The van der Waals surface area contributed by atoms with E-state index in [2.05, 4.69) is 34.1 Å². The minimum absolute atomic E-state index is 0.110. The Bertz CT molecular complexity index is 443. The molecule has 4 nitrogen and oxygen atoms in total. The molecule has 1 aliphatic rings. The molecule has 0 fully saturated rings. The Hall–Kier alpha value is -1.55. The summed E-state index contributed by atoms with van der Waals surface area (Å²) >= 11 is 0. The minimum Gasteiger partial charge on any atom is -0.384 e. The highest BCUT2D eigenvalue weighted by molar-refractivity contribution is 5.76. The standard InChI is InChI=1S/C15H23N3O/c1-11(2)18-14(19)7-8-16-10-13-5-3-4-12-6-9-17-15(12)13/h3-5,11,16-17H,6-10H2,1-2H3,(H,18,19). The predicted octanol–water partition coefficient (Wildman–Crippen LogP) is 1.66. The molecule has 4 heteroatoms. The molecule has 2 rings (SSSR count). The van der Waals surface area contributed by atoms with Crippen molar-refractivity contribution in [1.29, 1.82) is 0 Å². The van der Waals surface area contributed by atoms with Crippen LogP contribution < -0.4 is 16.0 Å². The summed E-state index contributed by atoms with van der Waals surface area (Å²) in [7, 11) is 0. The molecule has 1 heterocycles. The molecule has 0 saturated carbocycles. The van der Waals surface area contributed by atoms with Crippen LogP contribution in [0.3, 0.4) is 0 Å². The van der Waals surface area contributed by atoms with Gasteiger partial charge in [0.25, 0.3) is 0 Å². The van der Waals surface area contributed by atoms with Gasteiger partial charge in [-0.1, -0.05) is 18.2 Å². The summed E-state index contributed by atoms with van der Waals surface area (Å²) in [5.74, 6) is 0.110. The van der Waals surface area contributed by atoms with Gasteiger partial charge in [0.15, 0.2) is 0 Å². The number of carbonyl (C=O) groups excluding carboxylic acids is 1. The van der Waals surface area contributed by atoms with Crippen molar-refractivity contribution >= 4 is 11.6 Å². The molecule has 1 amide bonds. The van der Waals surface area contributed by atoms with Crippen molar-refractivity contribution in [3.63, 3.8) is 0 Å². The van der Waals surface area contributed by atoms with Gasteiger partial charge in [-0.15, -0.1) is 0 Å². The summed E-state index contributed by atoms with van der Waals surface area (Å²) in [6.45, 7) is 6.50. The highest BCUT2D eigenvalue weighted by atomic mass is 16.1. The van der Waals surface area contributed by atoms with Crippen LogP contribution in [0.5, 0.6) is 0 Å². The van der Waals surface area contributed by atoms with Crippen molar-refractivity contribution in [3.8, 4) is 0 Å². The molecule has 0 unspecified atom stereocenters. The Kier molecular flexibility index (Phi) is 4.80. The number of anilines is 1. The Morgan fingerprint density at radius 2 is 2.26 bits per heavy atom. The molecular formula is C15H23N3O. The Morgan fingerprint density at radius 3 is 3.05 bits per heavy atom. The molecular weight excluding hydrogens is 238 g/mol. The lowest BCUT2D eigenvalue weighted by Crippen LogP contribution is -2.32. The number of amides is 1. The fourth-order valence-corrected chi connectivity index (χ4v) is 2.38. The summed E-state index contributed by atoms with van der Waals surface area (Å²) in [5.41, 5.74) is 3.97. The van der Waals surface area contributed by atoms with Gasteiger partial charge in [-0.3, -0.25) is 4.79 Å². The summed E-state index contributed by atoms with van der Waals surface area (Å²) in [6, 6.07) is 6.63. The summed E-state index contributed by atoms with van der Waals surface area (Å²) in [4.78, 5) is 11.5. The summed E-state index contributed by atoms with van der Waals surface area (Å²) in [5, 5.41) is 9.65. The van der Waals surface area contributed by atoms with Gasteiger partial charge >= 0.3 is 0 Å². The first kappa shape index (κ1) is 13.9. The molecule has 0 radical (unpaired) electrons. The molecule has 3 N–H and O–H groups in total. The van der Waals surface area contributed by atoms with Gasteiger partial charge in [0.2, 0.25) is 5.91 Å². The number of nitrogens with one attached hydrogen (secondary N) is 3. The second kappa shape index (κ2) is 6.57. The number of rotatable bonds is 6. The molecule has 1 aromatic rings. The van der Waals surface area contributed by atoms with Crippen molar-refractivity contribution in [2.24, 2.45) is 0 Å². The number of para-hydroxylation sites is 1.